The molecule has 0 aromatic rings. The summed E-state index contributed by atoms with van der Waals surface area (Å²) in [6.45, 7) is 27.4. The number of hydrogen-bond donors (Lipinski definition) is 2. The van der Waals surface area contributed by atoms with Crippen molar-refractivity contribution in [2.24, 2.45) is 50.7 Å². The Morgan fingerprint density at radius 1 is 0.961 bits per heavy atom. The van der Waals surface area contributed by atoms with E-state index in [0.29, 0.717) is 47.2 Å². The first-order valence-corrected chi connectivity index (χ1v) is 21.3. The van der Waals surface area contributed by atoms with Crippen LogP contribution in [-0.4, -0.2) is 115 Å². The van der Waals surface area contributed by atoms with E-state index in [4.69, 9.17) is 18.9 Å². The highest BCUT2D eigenvalue weighted by Crippen LogP contribution is 2.89. The van der Waals surface area contributed by atoms with Gasteiger partial charge >= 0.3 is 0 Å². The monoisotopic (exact) mass is 717 g/mol. The smallest absolute Gasteiger partial charge is 0.170 e. The number of likely N-dealkylation sites (tertiary alicyclic amines) is 1. The number of methoxy groups -OCH3 is 1. The van der Waals surface area contributed by atoms with Crippen molar-refractivity contribution in [2.75, 3.05) is 53.0 Å². The standard InChI is InChI=1S/C43H76N2O6/c1-11-49-37(39(6,7)47)31(48-10)23-28(2)30-24-34(46)41(9)33-14-13-32-38(4,5)35(15-16-42(32)27-43(33,42)18-17-40(30,41)8)51-36-26-45(21-22-50-36)29(3)25-44-19-12-20-44/h28-37,46-47H,11-27H2,1-10H3/t28-,29+,30-,31?,32+,33?,34+,35+,36+,37+,40-,41-,42-,43+/m1/s1. The van der Waals surface area contributed by atoms with Crippen LogP contribution < -0.4 is 0 Å². The number of morpholine rings is 1. The molecule has 51 heavy (non-hydrogen) atoms. The Morgan fingerprint density at radius 2 is 1.67 bits per heavy atom. The summed E-state index contributed by atoms with van der Waals surface area (Å²) in [5.74, 6) is 1.98. The minimum absolute atomic E-state index is 0.0688. The molecule has 2 unspecified atom stereocenters. The third kappa shape index (κ3) is 6.05. The summed E-state index contributed by atoms with van der Waals surface area (Å²) in [4.78, 5) is 5.18. The molecule has 5 aliphatic carbocycles. The van der Waals surface area contributed by atoms with Gasteiger partial charge in [0.25, 0.3) is 0 Å². The Balaban J connectivity index is 1.04. The predicted molar refractivity (Wildman–Crippen MR) is 201 cm³/mol. The van der Waals surface area contributed by atoms with Gasteiger partial charge in [-0.25, -0.2) is 0 Å². The van der Waals surface area contributed by atoms with Crippen LogP contribution in [0.1, 0.15) is 127 Å². The van der Waals surface area contributed by atoms with Crippen LogP contribution in [-0.2, 0) is 18.9 Å². The van der Waals surface area contributed by atoms with Crippen LogP contribution in [0.25, 0.3) is 0 Å². The molecule has 14 atom stereocenters. The molecule has 2 spiro atoms. The predicted octanol–water partition coefficient (Wildman–Crippen LogP) is 6.75. The number of rotatable bonds is 13. The molecule has 0 aromatic carbocycles. The van der Waals surface area contributed by atoms with Crippen LogP contribution in [0, 0.1) is 50.7 Å². The molecule has 2 N–H and O–H groups in total. The molecule has 8 heteroatoms. The number of aliphatic hydroxyl groups is 2. The van der Waals surface area contributed by atoms with Crippen LogP contribution in [0.4, 0.5) is 0 Å². The maximum atomic E-state index is 12.3. The average molecular weight is 717 g/mol. The molecular formula is C43H76N2O6. The highest BCUT2D eigenvalue weighted by molar-refractivity contribution is 5.31. The van der Waals surface area contributed by atoms with Crippen molar-refractivity contribution in [3.05, 3.63) is 0 Å². The number of nitrogens with zero attached hydrogens (tertiary/aromatic N) is 2. The van der Waals surface area contributed by atoms with Crippen molar-refractivity contribution in [3.8, 4) is 0 Å². The number of hydrogen-bond acceptors (Lipinski definition) is 8. The third-order valence-corrected chi connectivity index (χ3v) is 17.6. The Hall–Kier alpha value is -0.320. The Bertz CT molecular complexity index is 1240. The van der Waals surface area contributed by atoms with E-state index in [1.165, 1.54) is 58.0 Å². The van der Waals surface area contributed by atoms with Crippen LogP contribution in [0.5, 0.6) is 0 Å². The molecule has 0 radical (unpaired) electrons. The first kappa shape index (κ1) is 38.9. The lowest BCUT2D eigenvalue weighted by Crippen LogP contribution is -2.60. The van der Waals surface area contributed by atoms with E-state index in [9.17, 15) is 10.2 Å². The lowest BCUT2D eigenvalue weighted by Gasteiger charge is -2.64. The van der Waals surface area contributed by atoms with Crippen LogP contribution >= 0.6 is 0 Å². The van der Waals surface area contributed by atoms with Gasteiger partial charge in [0.15, 0.2) is 6.29 Å². The van der Waals surface area contributed by atoms with Crippen molar-refractivity contribution in [1.82, 2.24) is 9.80 Å². The third-order valence-electron chi connectivity index (χ3n) is 17.6. The van der Waals surface area contributed by atoms with Gasteiger partial charge in [0.1, 0.15) is 6.10 Å². The minimum Gasteiger partial charge on any atom is -0.393 e. The normalized spacial score (nSPS) is 46.1. The van der Waals surface area contributed by atoms with Gasteiger partial charge in [-0.05, 0) is 150 Å². The lowest BCUT2D eigenvalue weighted by atomic mass is 9.41. The quantitative estimate of drug-likeness (QED) is 0.217. The molecule has 0 bridgehead atoms. The Kier molecular flexibility index (Phi) is 10.5. The van der Waals surface area contributed by atoms with E-state index in [0.717, 1.165) is 45.5 Å². The van der Waals surface area contributed by atoms with Gasteiger partial charge in [0.05, 0.1) is 30.5 Å². The van der Waals surface area contributed by atoms with E-state index >= 15 is 0 Å². The van der Waals surface area contributed by atoms with Gasteiger partial charge in [-0.1, -0.05) is 34.6 Å². The number of fused-ring (bicyclic) bond motifs is 2. The van der Waals surface area contributed by atoms with Crippen molar-refractivity contribution < 1.29 is 29.2 Å². The minimum atomic E-state index is -0.992. The second-order valence-corrected chi connectivity index (χ2v) is 20.5. The van der Waals surface area contributed by atoms with Crippen molar-refractivity contribution in [1.29, 1.82) is 0 Å². The molecule has 0 amide bonds. The van der Waals surface area contributed by atoms with Gasteiger partial charge in [0, 0.05) is 44.8 Å². The second-order valence-electron chi connectivity index (χ2n) is 20.5. The second kappa shape index (κ2) is 13.7. The van der Waals surface area contributed by atoms with Gasteiger partial charge in [0.2, 0.25) is 0 Å². The summed E-state index contributed by atoms with van der Waals surface area (Å²) in [6, 6.07) is 0.539. The molecule has 0 aromatic heterocycles. The summed E-state index contributed by atoms with van der Waals surface area (Å²) in [5.41, 5.74) is -0.183. The molecule has 2 heterocycles. The maximum Gasteiger partial charge on any atom is 0.170 e. The van der Waals surface area contributed by atoms with Gasteiger partial charge in [-0.15, -0.1) is 0 Å². The zero-order valence-corrected chi connectivity index (χ0v) is 34.2. The fourth-order valence-corrected chi connectivity index (χ4v) is 14.7. The van der Waals surface area contributed by atoms with Crippen molar-refractivity contribution in [2.45, 2.75) is 169 Å². The zero-order chi connectivity index (χ0) is 36.8. The summed E-state index contributed by atoms with van der Waals surface area (Å²) < 4.78 is 25.5. The van der Waals surface area contributed by atoms with E-state index in [1.54, 1.807) is 7.11 Å². The largest absolute Gasteiger partial charge is 0.393 e. The maximum absolute atomic E-state index is 12.3. The van der Waals surface area contributed by atoms with Crippen LogP contribution in [0.2, 0.25) is 0 Å². The fraction of sp³-hybridized carbons (Fsp3) is 1.00. The van der Waals surface area contributed by atoms with E-state index in [2.05, 4.69) is 51.3 Å². The van der Waals surface area contributed by atoms with Gasteiger partial charge in [-0.2, -0.15) is 0 Å². The zero-order valence-electron chi connectivity index (χ0n) is 34.2. The topological polar surface area (TPSA) is 83.9 Å². The van der Waals surface area contributed by atoms with Crippen molar-refractivity contribution >= 4 is 0 Å². The Labute approximate surface area is 311 Å². The lowest BCUT2D eigenvalue weighted by molar-refractivity contribution is -0.251. The fourth-order valence-electron chi connectivity index (χ4n) is 14.7. The summed E-state index contributed by atoms with van der Waals surface area (Å²) in [6.07, 6.45) is 11.0. The number of aliphatic hydroxyl groups excluding tert-OH is 1. The van der Waals surface area contributed by atoms with Crippen LogP contribution in [0.3, 0.4) is 0 Å². The molecule has 7 aliphatic rings. The molecular weight excluding hydrogens is 640 g/mol. The highest BCUT2D eigenvalue weighted by Gasteiger charge is 2.83. The van der Waals surface area contributed by atoms with E-state index < -0.39 is 5.60 Å². The average Bonchev–Trinajstić information content (AvgIpc) is 3.68. The molecule has 8 nitrogen and oxygen atoms in total. The van der Waals surface area contributed by atoms with Gasteiger partial charge < -0.3 is 34.1 Å². The van der Waals surface area contributed by atoms with E-state index in [1.807, 2.05) is 20.8 Å². The van der Waals surface area contributed by atoms with Crippen LogP contribution in [0.15, 0.2) is 0 Å². The summed E-state index contributed by atoms with van der Waals surface area (Å²) in [7, 11) is 1.76. The molecule has 2 saturated heterocycles. The first-order chi connectivity index (χ1) is 24.0. The molecule has 5 saturated carbocycles. The molecule has 7 rings (SSSR count). The highest BCUT2D eigenvalue weighted by atomic mass is 16.7. The van der Waals surface area contributed by atoms with E-state index in [-0.39, 0.29) is 47.0 Å². The SMILES string of the molecule is CCO[C@@H](C(C[C@@H](C)[C@H]1C[C@H](O)[C@@]2(C)C3CC[C@H]4C(C)(C)[C@@H](O[C@H]5CN([C@@H](C)CN6CCC6)CCO5)CC[C@@]45C[C@@]35CC[C@]12C)OC)C(C)(C)O. The summed E-state index contributed by atoms with van der Waals surface area (Å²) in [5, 5.41) is 23.3. The Morgan fingerprint density at radius 3 is 2.31 bits per heavy atom. The molecule has 294 valence electrons. The molecule has 2 aliphatic heterocycles. The number of ether oxygens (including phenoxy) is 4. The first-order valence-electron chi connectivity index (χ1n) is 21.3. The van der Waals surface area contributed by atoms with Crippen molar-refractivity contribution in [3.63, 3.8) is 0 Å². The molecule has 7 fully saturated rings. The summed E-state index contributed by atoms with van der Waals surface area (Å²) >= 11 is 0. The van der Waals surface area contributed by atoms with Gasteiger partial charge in [-0.3, -0.25) is 4.90 Å².